The summed E-state index contributed by atoms with van der Waals surface area (Å²) in [5.41, 5.74) is -0.0704. The van der Waals surface area contributed by atoms with E-state index in [1.807, 2.05) is 0 Å². The molecule has 0 radical (unpaired) electrons. The number of hydrogen-bond donors (Lipinski definition) is 1. The Balaban J connectivity index is 2.11. The first-order valence-corrected chi connectivity index (χ1v) is 15.0. The second-order valence-corrected chi connectivity index (χ2v) is 11.3. The Hall–Kier alpha value is -3.64. The summed E-state index contributed by atoms with van der Waals surface area (Å²) in [6, 6.07) is 4.21. The lowest BCUT2D eigenvalue weighted by Gasteiger charge is -2.15. The van der Waals surface area contributed by atoms with Gasteiger partial charge in [0.2, 0.25) is 15.5 Å². The largest absolute Gasteiger partial charge is 0.462 e. The molecule has 216 valence electrons. The van der Waals surface area contributed by atoms with E-state index in [4.69, 9.17) is 4.74 Å². The predicted molar refractivity (Wildman–Crippen MR) is 153 cm³/mol. The summed E-state index contributed by atoms with van der Waals surface area (Å²) in [5, 5.41) is 12.0. The molecule has 12 heteroatoms. The normalized spacial score (nSPS) is 11.6. The molecular formula is C28H36N4O7S. The van der Waals surface area contributed by atoms with Crippen LogP contribution < -0.4 is 10.2 Å². The number of hydrogen-bond acceptors (Lipinski definition) is 8. The summed E-state index contributed by atoms with van der Waals surface area (Å²) in [6.45, 7) is 9.50. The summed E-state index contributed by atoms with van der Waals surface area (Å²) in [5.74, 6) is -0.819. The average molecular weight is 573 g/mol. The zero-order valence-electron chi connectivity index (χ0n) is 23.6. The van der Waals surface area contributed by atoms with Crippen molar-refractivity contribution in [2.24, 2.45) is 0 Å². The number of pyridine rings is 2. The van der Waals surface area contributed by atoms with Crippen molar-refractivity contribution in [3.8, 4) is 11.3 Å². The van der Waals surface area contributed by atoms with E-state index >= 15 is 0 Å². The van der Waals surface area contributed by atoms with E-state index < -0.39 is 32.0 Å². The lowest BCUT2D eigenvalue weighted by Crippen LogP contribution is -2.26. The number of benzene rings is 1. The fourth-order valence-corrected chi connectivity index (χ4v) is 6.29. The van der Waals surface area contributed by atoms with Crippen molar-refractivity contribution in [3.05, 3.63) is 61.4 Å². The van der Waals surface area contributed by atoms with Crippen molar-refractivity contribution in [1.29, 1.82) is 0 Å². The fourth-order valence-electron chi connectivity index (χ4n) is 4.76. The number of nitrogens with one attached hydrogen (secondary N) is 1. The van der Waals surface area contributed by atoms with E-state index in [1.165, 1.54) is 6.20 Å². The number of carbonyl (C=O) groups excluding carboxylic acids is 1. The van der Waals surface area contributed by atoms with Crippen molar-refractivity contribution in [2.45, 2.75) is 78.2 Å². The smallest absolute Gasteiger partial charge is 0.343 e. The maximum absolute atomic E-state index is 13.1. The van der Waals surface area contributed by atoms with Crippen LogP contribution in [0.1, 0.15) is 74.4 Å². The maximum atomic E-state index is 13.1. The molecule has 1 N–H and O–H groups in total. The number of aryl methyl sites for hydroxylation is 3. The molecule has 40 heavy (non-hydrogen) atoms. The number of carbonyl (C=O) groups is 1. The van der Waals surface area contributed by atoms with Crippen LogP contribution in [0.15, 0.2) is 34.1 Å². The summed E-state index contributed by atoms with van der Waals surface area (Å²) < 4.78 is 35.4. The summed E-state index contributed by atoms with van der Waals surface area (Å²) in [7, 11) is -3.80. The molecule has 11 nitrogen and oxygen atoms in total. The highest BCUT2D eigenvalue weighted by molar-refractivity contribution is 7.89. The van der Waals surface area contributed by atoms with E-state index in [-0.39, 0.29) is 33.8 Å². The van der Waals surface area contributed by atoms with E-state index in [2.05, 4.69) is 16.6 Å². The molecule has 0 aliphatic carbocycles. The van der Waals surface area contributed by atoms with Crippen LogP contribution in [-0.2, 0) is 21.3 Å². The van der Waals surface area contributed by atoms with E-state index in [0.29, 0.717) is 29.8 Å². The van der Waals surface area contributed by atoms with Gasteiger partial charge in [-0.15, -0.1) is 0 Å². The highest BCUT2D eigenvalue weighted by Crippen LogP contribution is 2.34. The number of sulfonamides is 1. The molecule has 0 unspecified atom stereocenters. The third-order valence-corrected chi connectivity index (χ3v) is 8.40. The van der Waals surface area contributed by atoms with Gasteiger partial charge in [0.05, 0.1) is 21.8 Å². The molecule has 2 heterocycles. The topological polar surface area (TPSA) is 150 Å². The molecule has 0 saturated carbocycles. The Labute approximate surface area is 233 Å². The van der Waals surface area contributed by atoms with Crippen molar-refractivity contribution in [3.63, 3.8) is 0 Å². The van der Waals surface area contributed by atoms with Crippen LogP contribution in [0.5, 0.6) is 0 Å². The summed E-state index contributed by atoms with van der Waals surface area (Å²) in [6.07, 6.45) is 6.28. The number of aromatic nitrogens is 2. The number of nitro groups is 1. The lowest BCUT2D eigenvalue weighted by atomic mass is 10.0. The second-order valence-electron chi connectivity index (χ2n) is 9.61. The van der Waals surface area contributed by atoms with Gasteiger partial charge in [0, 0.05) is 30.9 Å². The van der Waals surface area contributed by atoms with Crippen molar-refractivity contribution in [2.75, 3.05) is 13.2 Å². The second kappa shape index (κ2) is 13.1. The van der Waals surface area contributed by atoms with Crippen LogP contribution in [0, 0.1) is 24.0 Å². The van der Waals surface area contributed by atoms with Crippen molar-refractivity contribution >= 4 is 32.7 Å². The van der Waals surface area contributed by atoms with Gasteiger partial charge in [-0.05, 0) is 57.4 Å². The van der Waals surface area contributed by atoms with Crippen molar-refractivity contribution in [1.82, 2.24) is 14.3 Å². The average Bonchev–Trinajstić information content (AvgIpc) is 2.89. The Morgan fingerprint density at radius 2 is 1.73 bits per heavy atom. The molecular weight excluding hydrogens is 536 g/mol. The molecule has 0 aliphatic heterocycles. The van der Waals surface area contributed by atoms with E-state index in [1.54, 1.807) is 44.4 Å². The Kier molecular flexibility index (Phi) is 10.2. The van der Waals surface area contributed by atoms with Crippen molar-refractivity contribution < 1.29 is 22.9 Å². The Bertz CT molecular complexity index is 1570. The Morgan fingerprint density at radius 1 is 1.07 bits per heavy atom. The molecule has 0 saturated heterocycles. The first kappa shape index (κ1) is 30.9. The highest BCUT2D eigenvalue weighted by atomic mass is 32.2. The molecule has 3 aromatic rings. The third-order valence-electron chi connectivity index (χ3n) is 6.64. The van der Waals surface area contributed by atoms with Gasteiger partial charge >= 0.3 is 5.97 Å². The minimum atomic E-state index is -3.80. The molecule has 0 aliphatic rings. The quantitative estimate of drug-likeness (QED) is 0.130. The summed E-state index contributed by atoms with van der Waals surface area (Å²) in [4.78, 5) is 41.5. The Morgan fingerprint density at radius 3 is 2.30 bits per heavy atom. The van der Waals surface area contributed by atoms with Gasteiger partial charge in [-0.25, -0.2) is 22.9 Å². The molecule has 3 rings (SSSR count). The van der Waals surface area contributed by atoms with E-state index in [0.717, 1.165) is 38.2 Å². The van der Waals surface area contributed by atoms with Gasteiger partial charge in [-0.2, -0.15) is 0 Å². The SMILES string of the molecule is CCCCCCCNS(=O)(=O)c1c(C)cc(-c2nc3c(cc2[N+](=O)[O-])c(=O)c(C(=O)OCC)cn3CC)cc1C. The van der Waals surface area contributed by atoms with Gasteiger partial charge in [-0.3, -0.25) is 14.9 Å². The highest BCUT2D eigenvalue weighted by Gasteiger charge is 2.26. The third kappa shape index (κ3) is 6.56. The molecule has 0 spiro atoms. The fraction of sp³-hybridized carbons (Fsp3) is 0.464. The summed E-state index contributed by atoms with van der Waals surface area (Å²) >= 11 is 0. The minimum Gasteiger partial charge on any atom is -0.462 e. The van der Waals surface area contributed by atoms with Crippen LogP contribution >= 0.6 is 0 Å². The molecule has 1 aromatic carbocycles. The van der Waals surface area contributed by atoms with Gasteiger partial charge in [0.25, 0.3) is 5.69 Å². The minimum absolute atomic E-state index is 0.0120. The number of unbranched alkanes of at least 4 members (excludes halogenated alkanes) is 4. The lowest BCUT2D eigenvalue weighted by molar-refractivity contribution is -0.384. The van der Waals surface area contributed by atoms with Crippen LogP contribution in [0.4, 0.5) is 5.69 Å². The van der Waals surface area contributed by atoms with Crippen LogP contribution in [0.25, 0.3) is 22.3 Å². The number of esters is 1. The first-order valence-electron chi connectivity index (χ1n) is 13.5. The zero-order chi connectivity index (χ0) is 29.6. The van der Waals surface area contributed by atoms with Crippen LogP contribution in [0.2, 0.25) is 0 Å². The van der Waals surface area contributed by atoms with Crippen LogP contribution in [-0.4, -0.2) is 42.0 Å². The monoisotopic (exact) mass is 572 g/mol. The standard InChI is InChI=1S/C28H36N4O7S/c1-6-9-10-11-12-13-29-40(37,38)26-18(4)14-20(15-19(26)5)24-23(32(35)36)16-21-25(33)22(28(34)39-8-3)17-31(7-2)27(21)30-24/h14-17,29H,6-13H2,1-5H3. The molecule has 0 bridgehead atoms. The predicted octanol–water partition coefficient (Wildman–Crippen LogP) is 5.03. The van der Waals surface area contributed by atoms with Crippen LogP contribution in [0.3, 0.4) is 0 Å². The maximum Gasteiger partial charge on any atom is 0.343 e. The van der Waals surface area contributed by atoms with Gasteiger partial charge in [0.1, 0.15) is 11.2 Å². The molecule has 0 fully saturated rings. The van der Waals surface area contributed by atoms with Gasteiger partial charge in [0.15, 0.2) is 5.69 Å². The van der Waals surface area contributed by atoms with E-state index in [9.17, 15) is 28.1 Å². The number of rotatable bonds is 13. The number of ether oxygens (including phenoxy) is 1. The van der Waals surface area contributed by atoms with Gasteiger partial charge < -0.3 is 9.30 Å². The first-order chi connectivity index (χ1) is 19.0. The number of fused-ring (bicyclic) bond motifs is 1. The molecule has 2 aromatic heterocycles. The zero-order valence-corrected chi connectivity index (χ0v) is 24.4. The molecule has 0 amide bonds. The number of nitrogens with zero attached hydrogens (tertiary/aromatic N) is 3. The van der Waals surface area contributed by atoms with Gasteiger partial charge in [-0.1, -0.05) is 32.6 Å². The molecule has 0 atom stereocenters.